The zero-order chi connectivity index (χ0) is 25.9. The third-order valence-corrected chi connectivity index (χ3v) is 7.20. The van der Waals surface area contributed by atoms with Gasteiger partial charge in [-0.1, -0.05) is 43.3 Å². The number of aryl methyl sites for hydroxylation is 2. The van der Waals surface area contributed by atoms with Crippen molar-refractivity contribution in [2.45, 2.75) is 53.0 Å². The van der Waals surface area contributed by atoms with E-state index < -0.39 is 5.41 Å². The number of pyridine rings is 1. The SMILES string of the molecule is COc1ccc(CN2C(=O)C[C@@](C)([C@H](C)c3ccc(CCOc4cc(C)nc(C)c4)cc3)C2=O)cc1. The molecule has 1 fully saturated rings. The first-order valence-electron chi connectivity index (χ1n) is 12.3. The molecule has 0 spiro atoms. The maximum atomic E-state index is 13.4. The Kier molecular flexibility index (Phi) is 7.43. The first-order valence-corrected chi connectivity index (χ1v) is 12.3. The van der Waals surface area contributed by atoms with Gasteiger partial charge in [-0.25, -0.2) is 0 Å². The molecule has 0 saturated carbocycles. The first kappa shape index (κ1) is 25.4. The van der Waals surface area contributed by atoms with Crippen LogP contribution in [0.4, 0.5) is 0 Å². The van der Waals surface area contributed by atoms with E-state index >= 15 is 0 Å². The summed E-state index contributed by atoms with van der Waals surface area (Å²) in [5, 5.41) is 0. The normalized spacial score (nSPS) is 18.4. The van der Waals surface area contributed by atoms with Gasteiger partial charge in [-0.05, 0) is 55.5 Å². The van der Waals surface area contributed by atoms with Gasteiger partial charge in [-0.2, -0.15) is 0 Å². The molecule has 2 amide bonds. The Labute approximate surface area is 213 Å². The van der Waals surface area contributed by atoms with Gasteiger partial charge in [0, 0.05) is 36.4 Å². The van der Waals surface area contributed by atoms with Crippen LogP contribution in [0.25, 0.3) is 0 Å². The number of hydrogen-bond acceptors (Lipinski definition) is 5. The summed E-state index contributed by atoms with van der Waals surface area (Å²) in [5.41, 5.74) is 4.23. The summed E-state index contributed by atoms with van der Waals surface area (Å²) in [4.78, 5) is 32.1. The number of likely N-dealkylation sites (tertiary alicyclic amines) is 1. The van der Waals surface area contributed by atoms with E-state index in [1.165, 1.54) is 4.90 Å². The number of rotatable bonds is 9. The first-order chi connectivity index (χ1) is 17.2. The number of methoxy groups -OCH3 is 1. The summed E-state index contributed by atoms with van der Waals surface area (Å²) in [7, 11) is 1.61. The van der Waals surface area contributed by atoms with Gasteiger partial charge in [0.15, 0.2) is 0 Å². The highest BCUT2D eigenvalue weighted by Gasteiger charge is 2.51. The fourth-order valence-electron chi connectivity index (χ4n) is 4.83. The molecule has 0 radical (unpaired) electrons. The molecule has 36 heavy (non-hydrogen) atoms. The predicted octanol–water partition coefficient (Wildman–Crippen LogP) is 5.40. The van der Waals surface area contributed by atoms with Crippen LogP contribution in [0, 0.1) is 19.3 Å². The molecule has 188 valence electrons. The van der Waals surface area contributed by atoms with Crippen LogP contribution in [-0.4, -0.2) is 35.4 Å². The summed E-state index contributed by atoms with van der Waals surface area (Å²) < 4.78 is 11.1. The number of carbonyl (C=O) groups is 2. The lowest BCUT2D eigenvalue weighted by Crippen LogP contribution is -2.36. The molecule has 3 aromatic rings. The maximum absolute atomic E-state index is 13.4. The fourth-order valence-corrected chi connectivity index (χ4v) is 4.83. The molecular weight excluding hydrogens is 452 g/mol. The molecule has 1 aromatic heterocycles. The molecular formula is C30H34N2O4. The van der Waals surface area contributed by atoms with Crippen LogP contribution in [0.3, 0.4) is 0 Å². The van der Waals surface area contributed by atoms with Crippen molar-refractivity contribution in [2.75, 3.05) is 13.7 Å². The molecule has 6 nitrogen and oxygen atoms in total. The third-order valence-electron chi connectivity index (χ3n) is 7.20. The standard InChI is InChI=1S/C30H34N2O4/c1-20-16-27(17-21(2)31-20)36-15-14-23-6-10-25(11-7-23)22(3)30(4)18-28(33)32(29(30)34)19-24-8-12-26(35-5)13-9-24/h6-13,16-17,22H,14-15,18-19H2,1-5H3/t22-,30+/m1/s1. The third kappa shape index (κ3) is 5.43. The molecule has 4 rings (SSSR count). The second-order valence-electron chi connectivity index (χ2n) is 9.87. The van der Waals surface area contributed by atoms with Crippen LogP contribution in [0.5, 0.6) is 11.5 Å². The van der Waals surface area contributed by atoms with Crippen LogP contribution in [0.2, 0.25) is 0 Å². The van der Waals surface area contributed by atoms with Crippen molar-refractivity contribution >= 4 is 11.8 Å². The van der Waals surface area contributed by atoms with Crippen molar-refractivity contribution in [2.24, 2.45) is 5.41 Å². The van der Waals surface area contributed by atoms with Crippen LogP contribution >= 0.6 is 0 Å². The Morgan fingerprint density at radius 1 is 0.944 bits per heavy atom. The summed E-state index contributed by atoms with van der Waals surface area (Å²) in [6.07, 6.45) is 0.989. The summed E-state index contributed by atoms with van der Waals surface area (Å²) in [6, 6.07) is 19.6. The Hall–Kier alpha value is -3.67. The molecule has 1 aliphatic rings. The highest BCUT2D eigenvalue weighted by molar-refractivity contribution is 6.06. The fraction of sp³-hybridized carbons (Fsp3) is 0.367. The minimum absolute atomic E-state index is 0.0945. The Morgan fingerprint density at radius 3 is 2.17 bits per heavy atom. The topological polar surface area (TPSA) is 68.7 Å². The summed E-state index contributed by atoms with van der Waals surface area (Å²) in [5.74, 6) is 1.25. The monoisotopic (exact) mass is 486 g/mol. The highest BCUT2D eigenvalue weighted by atomic mass is 16.5. The number of carbonyl (C=O) groups excluding carboxylic acids is 2. The molecule has 0 N–H and O–H groups in total. The highest BCUT2D eigenvalue weighted by Crippen LogP contribution is 2.45. The molecule has 0 bridgehead atoms. The minimum atomic E-state index is -0.773. The van der Waals surface area contributed by atoms with Crippen LogP contribution in [-0.2, 0) is 22.6 Å². The minimum Gasteiger partial charge on any atom is -0.497 e. The van der Waals surface area contributed by atoms with Gasteiger partial charge in [-0.3, -0.25) is 19.5 Å². The van der Waals surface area contributed by atoms with E-state index in [4.69, 9.17) is 9.47 Å². The zero-order valence-electron chi connectivity index (χ0n) is 21.7. The molecule has 2 aromatic carbocycles. The number of nitrogens with zero attached hydrogens (tertiary/aromatic N) is 2. The smallest absolute Gasteiger partial charge is 0.236 e. The summed E-state index contributed by atoms with van der Waals surface area (Å²) in [6.45, 7) is 8.71. The van der Waals surface area contributed by atoms with Gasteiger partial charge < -0.3 is 9.47 Å². The second-order valence-corrected chi connectivity index (χ2v) is 9.87. The van der Waals surface area contributed by atoms with Gasteiger partial charge in [0.2, 0.25) is 11.8 Å². The Bertz CT molecular complexity index is 1220. The maximum Gasteiger partial charge on any atom is 0.236 e. The van der Waals surface area contributed by atoms with Gasteiger partial charge in [0.1, 0.15) is 11.5 Å². The number of imide groups is 1. The van der Waals surface area contributed by atoms with Crippen molar-refractivity contribution in [3.05, 3.63) is 88.7 Å². The lowest BCUT2D eigenvalue weighted by molar-refractivity contribution is -0.142. The van der Waals surface area contributed by atoms with E-state index in [9.17, 15) is 9.59 Å². The molecule has 2 heterocycles. The van der Waals surface area contributed by atoms with Gasteiger partial charge in [-0.15, -0.1) is 0 Å². The average Bonchev–Trinajstić information content (AvgIpc) is 3.07. The summed E-state index contributed by atoms with van der Waals surface area (Å²) >= 11 is 0. The Balaban J connectivity index is 1.38. The molecule has 0 aliphatic carbocycles. The molecule has 0 unspecified atom stereocenters. The van der Waals surface area contributed by atoms with Crippen LogP contribution in [0.15, 0.2) is 60.7 Å². The quantitative estimate of drug-likeness (QED) is 0.379. The van der Waals surface area contributed by atoms with E-state index in [0.29, 0.717) is 6.61 Å². The van der Waals surface area contributed by atoms with Gasteiger partial charge in [0.05, 0.1) is 25.7 Å². The van der Waals surface area contributed by atoms with E-state index in [1.807, 2.05) is 64.1 Å². The molecule has 1 aliphatic heterocycles. The number of benzene rings is 2. The van der Waals surface area contributed by atoms with Crippen molar-refractivity contribution < 1.29 is 19.1 Å². The van der Waals surface area contributed by atoms with E-state index in [0.717, 1.165) is 46.0 Å². The predicted molar refractivity (Wildman–Crippen MR) is 139 cm³/mol. The van der Waals surface area contributed by atoms with Gasteiger partial charge >= 0.3 is 0 Å². The zero-order valence-corrected chi connectivity index (χ0v) is 21.7. The van der Waals surface area contributed by atoms with E-state index in [2.05, 4.69) is 29.2 Å². The average molecular weight is 487 g/mol. The van der Waals surface area contributed by atoms with E-state index in [-0.39, 0.29) is 30.7 Å². The lowest BCUT2D eigenvalue weighted by Gasteiger charge is -2.29. The van der Waals surface area contributed by atoms with E-state index in [1.54, 1.807) is 7.11 Å². The van der Waals surface area contributed by atoms with Crippen LogP contribution in [0.1, 0.15) is 54.3 Å². The number of aromatic nitrogens is 1. The second kappa shape index (κ2) is 10.5. The molecule has 6 heteroatoms. The van der Waals surface area contributed by atoms with Crippen molar-refractivity contribution in [1.82, 2.24) is 9.88 Å². The number of ether oxygens (including phenoxy) is 2. The largest absolute Gasteiger partial charge is 0.497 e. The molecule has 2 atom stereocenters. The van der Waals surface area contributed by atoms with Crippen molar-refractivity contribution in [3.63, 3.8) is 0 Å². The molecule has 1 saturated heterocycles. The number of hydrogen-bond donors (Lipinski definition) is 0. The Morgan fingerprint density at radius 2 is 1.56 bits per heavy atom. The van der Waals surface area contributed by atoms with Gasteiger partial charge in [0.25, 0.3) is 0 Å². The van der Waals surface area contributed by atoms with Crippen LogP contribution < -0.4 is 9.47 Å². The lowest BCUT2D eigenvalue weighted by atomic mass is 9.73. The van der Waals surface area contributed by atoms with Crippen molar-refractivity contribution in [1.29, 1.82) is 0 Å². The van der Waals surface area contributed by atoms with Crippen molar-refractivity contribution in [3.8, 4) is 11.5 Å². The number of amides is 2.